The lowest BCUT2D eigenvalue weighted by Gasteiger charge is -2.29. The van der Waals surface area contributed by atoms with Crippen LogP contribution < -0.4 is 11.1 Å². The van der Waals surface area contributed by atoms with Gasteiger partial charge in [0.1, 0.15) is 0 Å². The van der Waals surface area contributed by atoms with Gasteiger partial charge in [-0.3, -0.25) is 9.59 Å². The fourth-order valence-electron chi connectivity index (χ4n) is 2.49. The molecule has 1 fully saturated rings. The summed E-state index contributed by atoms with van der Waals surface area (Å²) in [5, 5.41) is 2.71. The zero-order valence-electron chi connectivity index (χ0n) is 12.3. The second-order valence-corrected chi connectivity index (χ2v) is 7.32. The maximum Gasteiger partial charge on any atom is 0.250 e. The van der Waals surface area contributed by atoms with Gasteiger partial charge in [0.2, 0.25) is 15.9 Å². The number of nitrogens with two attached hydrogens (primary N) is 1. The van der Waals surface area contributed by atoms with Crippen LogP contribution in [0.15, 0.2) is 24.3 Å². The van der Waals surface area contributed by atoms with Crippen LogP contribution in [0.25, 0.3) is 0 Å². The average Bonchev–Trinajstić information content (AvgIpc) is 2.46. The first-order valence-corrected chi connectivity index (χ1v) is 8.78. The summed E-state index contributed by atoms with van der Waals surface area (Å²) in [4.78, 5) is 23.6. The summed E-state index contributed by atoms with van der Waals surface area (Å²) < 4.78 is 24.3. The molecule has 3 N–H and O–H groups in total. The summed E-state index contributed by atoms with van der Waals surface area (Å²) in [6.45, 7) is 0.656. The Bertz CT molecular complexity index is 679. The SMILES string of the molecule is CS(=O)(=O)N1CCC(C(=O)Nc2ccccc2C(N)=O)CC1. The number of hydrogen-bond acceptors (Lipinski definition) is 4. The van der Waals surface area contributed by atoms with Gasteiger partial charge >= 0.3 is 0 Å². The third-order valence-electron chi connectivity index (χ3n) is 3.74. The topological polar surface area (TPSA) is 110 Å². The number of anilines is 1. The lowest BCUT2D eigenvalue weighted by molar-refractivity contribution is -0.120. The van der Waals surface area contributed by atoms with Gasteiger partial charge in [0.15, 0.2) is 0 Å². The van der Waals surface area contributed by atoms with Crippen molar-refractivity contribution in [2.45, 2.75) is 12.8 Å². The first-order chi connectivity index (χ1) is 10.3. The number of nitrogens with zero attached hydrogens (tertiary/aromatic N) is 1. The Kier molecular flexibility index (Phi) is 4.82. The Balaban J connectivity index is 2.01. The quantitative estimate of drug-likeness (QED) is 0.834. The summed E-state index contributed by atoms with van der Waals surface area (Å²) in [5.74, 6) is -1.11. The van der Waals surface area contributed by atoms with E-state index >= 15 is 0 Å². The van der Waals surface area contributed by atoms with Crippen LogP contribution >= 0.6 is 0 Å². The molecule has 0 unspecified atom stereocenters. The van der Waals surface area contributed by atoms with E-state index in [2.05, 4.69) is 5.32 Å². The van der Waals surface area contributed by atoms with Gasteiger partial charge in [0.25, 0.3) is 5.91 Å². The van der Waals surface area contributed by atoms with Crippen molar-refractivity contribution < 1.29 is 18.0 Å². The normalized spacial score (nSPS) is 17.1. The molecule has 1 aliphatic heterocycles. The minimum Gasteiger partial charge on any atom is -0.366 e. The largest absolute Gasteiger partial charge is 0.366 e. The lowest BCUT2D eigenvalue weighted by atomic mass is 9.97. The molecular formula is C14H19N3O4S. The van der Waals surface area contributed by atoms with Crippen molar-refractivity contribution in [1.29, 1.82) is 0 Å². The van der Waals surface area contributed by atoms with E-state index in [4.69, 9.17) is 5.73 Å². The number of carbonyl (C=O) groups excluding carboxylic acids is 2. The third-order valence-corrected chi connectivity index (χ3v) is 5.05. The van der Waals surface area contributed by atoms with Gasteiger partial charge in [-0.15, -0.1) is 0 Å². The molecule has 0 atom stereocenters. The predicted molar refractivity (Wildman–Crippen MR) is 82.7 cm³/mol. The summed E-state index contributed by atoms with van der Waals surface area (Å²) in [6, 6.07) is 6.53. The highest BCUT2D eigenvalue weighted by Gasteiger charge is 2.29. The number of amides is 2. The van der Waals surface area contributed by atoms with E-state index in [1.54, 1.807) is 24.3 Å². The Morgan fingerprint density at radius 3 is 2.36 bits per heavy atom. The molecule has 1 aromatic carbocycles. The van der Waals surface area contributed by atoms with Gasteiger partial charge in [0.05, 0.1) is 17.5 Å². The number of para-hydroxylation sites is 1. The van der Waals surface area contributed by atoms with Crippen molar-refractivity contribution >= 4 is 27.5 Å². The van der Waals surface area contributed by atoms with E-state index in [0.717, 1.165) is 6.26 Å². The lowest BCUT2D eigenvalue weighted by Crippen LogP contribution is -2.41. The average molecular weight is 325 g/mol. The molecule has 1 aliphatic rings. The van der Waals surface area contributed by atoms with Crippen LogP contribution in [0, 0.1) is 5.92 Å². The van der Waals surface area contributed by atoms with Crippen LogP contribution in [-0.2, 0) is 14.8 Å². The van der Waals surface area contributed by atoms with Gasteiger partial charge in [-0.1, -0.05) is 12.1 Å². The zero-order chi connectivity index (χ0) is 16.3. The van der Waals surface area contributed by atoms with Gasteiger partial charge in [0, 0.05) is 19.0 Å². The second kappa shape index (κ2) is 6.45. The molecule has 1 aromatic rings. The minimum atomic E-state index is -3.21. The molecule has 0 aromatic heterocycles. The molecule has 0 spiro atoms. The highest BCUT2D eigenvalue weighted by molar-refractivity contribution is 7.88. The number of rotatable bonds is 4. The molecule has 1 saturated heterocycles. The fraction of sp³-hybridized carbons (Fsp3) is 0.429. The number of hydrogen-bond donors (Lipinski definition) is 2. The highest BCUT2D eigenvalue weighted by atomic mass is 32.2. The number of sulfonamides is 1. The van der Waals surface area contributed by atoms with Crippen molar-refractivity contribution in [3.05, 3.63) is 29.8 Å². The van der Waals surface area contributed by atoms with E-state index < -0.39 is 15.9 Å². The van der Waals surface area contributed by atoms with Crippen LogP contribution in [0.4, 0.5) is 5.69 Å². The maximum atomic E-state index is 12.3. The number of primary amides is 1. The van der Waals surface area contributed by atoms with E-state index in [9.17, 15) is 18.0 Å². The summed E-state index contributed by atoms with van der Waals surface area (Å²) in [6.07, 6.45) is 2.08. The molecule has 2 rings (SSSR count). The van der Waals surface area contributed by atoms with Gasteiger partial charge < -0.3 is 11.1 Å². The Morgan fingerprint density at radius 1 is 1.23 bits per heavy atom. The molecular weight excluding hydrogens is 306 g/mol. The smallest absolute Gasteiger partial charge is 0.250 e. The van der Waals surface area contributed by atoms with Crippen molar-refractivity contribution in [1.82, 2.24) is 4.31 Å². The molecule has 0 saturated carbocycles. The van der Waals surface area contributed by atoms with Crippen molar-refractivity contribution in [3.8, 4) is 0 Å². The molecule has 0 radical (unpaired) electrons. The van der Waals surface area contributed by atoms with Gasteiger partial charge in [-0.05, 0) is 25.0 Å². The maximum absolute atomic E-state index is 12.3. The molecule has 2 amide bonds. The first kappa shape index (κ1) is 16.4. The third kappa shape index (κ3) is 3.83. The van der Waals surface area contributed by atoms with Crippen molar-refractivity contribution in [3.63, 3.8) is 0 Å². The molecule has 0 aliphatic carbocycles. The zero-order valence-corrected chi connectivity index (χ0v) is 13.1. The van der Waals surface area contributed by atoms with Crippen molar-refractivity contribution in [2.75, 3.05) is 24.7 Å². The van der Waals surface area contributed by atoms with Gasteiger partial charge in [-0.2, -0.15) is 0 Å². The number of piperidine rings is 1. The van der Waals surface area contributed by atoms with Crippen LogP contribution in [0.1, 0.15) is 23.2 Å². The molecule has 1 heterocycles. The van der Waals surface area contributed by atoms with Crippen LogP contribution in [0.3, 0.4) is 0 Å². The predicted octanol–water partition coefficient (Wildman–Crippen LogP) is 0.396. The van der Waals surface area contributed by atoms with E-state index in [0.29, 0.717) is 31.6 Å². The molecule has 22 heavy (non-hydrogen) atoms. The Morgan fingerprint density at radius 2 is 1.82 bits per heavy atom. The summed E-state index contributed by atoms with van der Waals surface area (Å²) in [7, 11) is -3.21. The molecule has 7 nitrogen and oxygen atoms in total. The van der Waals surface area contributed by atoms with Crippen LogP contribution in [0.5, 0.6) is 0 Å². The molecule has 8 heteroatoms. The van der Waals surface area contributed by atoms with Crippen molar-refractivity contribution in [2.24, 2.45) is 11.7 Å². The Hall–Kier alpha value is -1.93. The van der Waals surface area contributed by atoms with Gasteiger partial charge in [-0.25, -0.2) is 12.7 Å². The molecule has 0 bridgehead atoms. The monoisotopic (exact) mass is 325 g/mol. The fourth-order valence-corrected chi connectivity index (χ4v) is 3.37. The Labute approximate surface area is 129 Å². The first-order valence-electron chi connectivity index (χ1n) is 6.94. The second-order valence-electron chi connectivity index (χ2n) is 5.34. The van der Waals surface area contributed by atoms with Crippen LogP contribution in [-0.4, -0.2) is 43.9 Å². The van der Waals surface area contributed by atoms with Crippen LogP contribution in [0.2, 0.25) is 0 Å². The van der Waals surface area contributed by atoms with E-state index in [1.165, 1.54) is 4.31 Å². The number of nitrogens with one attached hydrogen (secondary N) is 1. The summed E-state index contributed by atoms with van der Waals surface area (Å²) in [5.41, 5.74) is 5.91. The minimum absolute atomic E-state index is 0.221. The standard InChI is InChI=1S/C14H19N3O4S/c1-22(20,21)17-8-6-10(7-9-17)14(19)16-12-5-3-2-4-11(12)13(15)18/h2-5,10H,6-9H2,1H3,(H2,15,18)(H,16,19). The van der Waals surface area contributed by atoms with E-state index in [-0.39, 0.29) is 17.4 Å². The number of benzene rings is 1. The molecule has 120 valence electrons. The number of carbonyl (C=O) groups is 2. The van der Waals surface area contributed by atoms with E-state index in [1.807, 2.05) is 0 Å². The summed E-state index contributed by atoms with van der Waals surface area (Å²) >= 11 is 0. The highest BCUT2D eigenvalue weighted by Crippen LogP contribution is 2.22.